The molecule has 2 saturated carbocycles. The zero-order valence-electron chi connectivity index (χ0n) is 19.0. The number of hydrogen-bond donors (Lipinski definition) is 2. The van der Waals surface area contributed by atoms with Gasteiger partial charge in [-0.05, 0) is 50.9 Å². The van der Waals surface area contributed by atoms with Gasteiger partial charge in [-0.2, -0.15) is 5.10 Å². The van der Waals surface area contributed by atoms with Gasteiger partial charge in [0.1, 0.15) is 0 Å². The molecular weight excluding hydrogens is 376 g/mol. The number of hydrogen-bond acceptors (Lipinski definition) is 4. The molecule has 0 saturated heterocycles. The van der Waals surface area contributed by atoms with E-state index in [1.54, 1.807) is 4.90 Å². The van der Waals surface area contributed by atoms with Crippen molar-refractivity contribution in [2.24, 2.45) is 5.92 Å². The molecule has 0 aromatic carbocycles. The topological polar surface area (TPSA) is 70.4 Å². The highest BCUT2D eigenvalue weighted by molar-refractivity contribution is 5.93. The van der Waals surface area contributed by atoms with E-state index in [1.165, 1.54) is 44.2 Å². The fourth-order valence-corrected chi connectivity index (χ4v) is 5.73. The fraction of sp³-hybridized carbons (Fsp3) is 0.833. The van der Waals surface area contributed by atoms with Gasteiger partial charge in [-0.25, -0.2) is 0 Å². The molecule has 6 heteroatoms. The van der Waals surface area contributed by atoms with Gasteiger partial charge in [0.25, 0.3) is 5.91 Å². The monoisotopic (exact) mass is 416 g/mol. The largest absolute Gasteiger partial charge is 0.389 e. The first-order valence-electron chi connectivity index (χ1n) is 12.2. The minimum Gasteiger partial charge on any atom is -0.389 e. The van der Waals surface area contributed by atoms with E-state index in [-0.39, 0.29) is 5.91 Å². The maximum Gasteiger partial charge on any atom is 0.274 e. The lowest BCUT2D eigenvalue weighted by Crippen LogP contribution is -2.47. The summed E-state index contributed by atoms with van der Waals surface area (Å²) in [4.78, 5) is 14.5. The molecule has 3 aliphatic rings. The number of rotatable bonds is 6. The first-order chi connectivity index (χ1) is 14.5. The van der Waals surface area contributed by atoms with Gasteiger partial charge in [-0.1, -0.05) is 38.5 Å². The highest BCUT2D eigenvalue weighted by atomic mass is 16.3. The van der Waals surface area contributed by atoms with Gasteiger partial charge >= 0.3 is 0 Å². The highest BCUT2D eigenvalue weighted by Crippen LogP contribution is 2.31. The van der Waals surface area contributed by atoms with Crippen molar-refractivity contribution in [3.05, 3.63) is 17.0 Å². The zero-order chi connectivity index (χ0) is 21.1. The van der Waals surface area contributed by atoms with Crippen LogP contribution in [0.25, 0.3) is 0 Å². The van der Waals surface area contributed by atoms with E-state index in [9.17, 15) is 9.90 Å². The number of nitrogens with one attached hydrogen (secondary N) is 1. The van der Waals surface area contributed by atoms with E-state index in [2.05, 4.69) is 10.00 Å². The summed E-state index contributed by atoms with van der Waals surface area (Å²) < 4.78 is 2.17. The van der Waals surface area contributed by atoms with E-state index in [0.717, 1.165) is 57.1 Å². The van der Waals surface area contributed by atoms with Gasteiger partial charge in [0.2, 0.25) is 0 Å². The molecule has 1 atom stereocenters. The lowest BCUT2D eigenvalue weighted by Gasteiger charge is -2.35. The molecule has 0 bridgehead atoms. The van der Waals surface area contributed by atoms with Gasteiger partial charge in [-0.3, -0.25) is 9.48 Å². The average molecular weight is 417 g/mol. The SMILES string of the molecule is CN(C)C(=O)c1nn(CC2CCCCC2)c2c1C[C@H](NCC1(O)CCCCC1)CC2. The van der Waals surface area contributed by atoms with Crippen LogP contribution in [0.15, 0.2) is 0 Å². The molecule has 6 nitrogen and oxygen atoms in total. The van der Waals surface area contributed by atoms with E-state index < -0.39 is 5.60 Å². The summed E-state index contributed by atoms with van der Waals surface area (Å²) in [6.07, 6.45) is 14.7. The normalized spacial score (nSPS) is 24.4. The molecule has 0 radical (unpaired) electrons. The number of fused-ring (bicyclic) bond motifs is 1. The molecule has 168 valence electrons. The number of aromatic nitrogens is 2. The minimum atomic E-state index is -0.550. The first kappa shape index (κ1) is 21.8. The summed E-state index contributed by atoms with van der Waals surface area (Å²) in [5, 5.41) is 19.4. The van der Waals surface area contributed by atoms with Crippen molar-refractivity contribution < 1.29 is 9.90 Å². The van der Waals surface area contributed by atoms with E-state index in [0.29, 0.717) is 24.2 Å². The second-order valence-electron chi connectivity index (χ2n) is 10.3. The van der Waals surface area contributed by atoms with Crippen molar-refractivity contribution in [1.82, 2.24) is 20.0 Å². The Kier molecular flexibility index (Phi) is 6.83. The van der Waals surface area contributed by atoms with Gasteiger partial charge in [0.15, 0.2) is 5.69 Å². The molecule has 4 rings (SSSR count). The molecule has 1 amide bonds. The zero-order valence-corrected chi connectivity index (χ0v) is 19.0. The molecule has 0 unspecified atom stereocenters. The Morgan fingerprint density at radius 2 is 1.83 bits per heavy atom. The maximum absolute atomic E-state index is 12.9. The number of aliphatic hydroxyl groups is 1. The van der Waals surface area contributed by atoms with Crippen LogP contribution in [0, 0.1) is 5.92 Å². The van der Waals surface area contributed by atoms with Crippen LogP contribution >= 0.6 is 0 Å². The van der Waals surface area contributed by atoms with E-state index in [4.69, 9.17) is 5.10 Å². The smallest absolute Gasteiger partial charge is 0.274 e. The van der Waals surface area contributed by atoms with E-state index in [1.807, 2.05) is 14.1 Å². The Bertz CT molecular complexity index is 730. The maximum atomic E-state index is 12.9. The van der Waals surface area contributed by atoms with Crippen LogP contribution in [0.2, 0.25) is 0 Å². The highest BCUT2D eigenvalue weighted by Gasteiger charge is 2.33. The van der Waals surface area contributed by atoms with Crippen LogP contribution < -0.4 is 5.32 Å². The van der Waals surface area contributed by atoms with Crippen LogP contribution in [0.3, 0.4) is 0 Å². The van der Waals surface area contributed by atoms with Crippen LogP contribution in [0.1, 0.15) is 92.4 Å². The van der Waals surface area contributed by atoms with Crippen LogP contribution in [0.4, 0.5) is 0 Å². The average Bonchev–Trinajstić information content (AvgIpc) is 3.10. The van der Waals surface area contributed by atoms with Crippen LogP contribution in [-0.2, 0) is 19.4 Å². The number of amides is 1. The Balaban J connectivity index is 1.48. The number of carbonyl (C=O) groups excluding carboxylic acids is 1. The van der Waals surface area contributed by atoms with Crippen LogP contribution in [-0.4, -0.2) is 58.0 Å². The third kappa shape index (κ3) is 4.91. The molecule has 0 aliphatic heterocycles. The Labute approximate surface area is 181 Å². The molecular formula is C24H40N4O2. The summed E-state index contributed by atoms with van der Waals surface area (Å²) >= 11 is 0. The Morgan fingerprint density at radius 1 is 1.13 bits per heavy atom. The number of carbonyl (C=O) groups is 1. The summed E-state index contributed by atoms with van der Waals surface area (Å²) in [7, 11) is 3.62. The predicted molar refractivity (Wildman–Crippen MR) is 119 cm³/mol. The van der Waals surface area contributed by atoms with Crippen molar-refractivity contribution >= 4 is 5.91 Å². The molecule has 1 aromatic heterocycles. The second kappa shape index (κ2) is 9.39. The lowest BCUT2D eigenvalue weighted by atomic mass is 9.84. The molecule has 0 spiro atoms. The minimum absolute atomic E-state index is 0.0141. The van der Waals surface area contributed by atoms with Crippen molar-refractivity contribution in [3.8, 4) is 0 Å². The quantitative estimate of drug-likeness (QED) is 0.746. The molecule has 2 fully saturated rings. The third-order valence-corrected chi connectivity index (χ3v) is 7.62. The first-order valence-corrected chi connectivity index (χ1v) is 12.2. The molecule has 30 heavy (non-hydrogen) atoms. The summed E-state index contributed by atoms with van der Waals surface area (Å²) in [6.45, 7) is 1.63. The van der Waals surface area contributed by atoms with Gasteiger partial charge in [0.05, 0.1) is 5.60 Å². The Morgan fingerprint density at radius 3 is 2.53 bits per heavy atom. The van der Waals surface area contributed by atoms with Crippen molar-refractivity contribution in [3.63, 3.8) is 0 Å². The van der Waals surface area contributed by atoms with Crippen molar-refractivity contribution in [2.45, 2.75) is 102 Å². The molecule has 1 aromatic rings. The van der Waals surface area contributed by atoms with Gasteiger partial charge in [-0.15, -0.1) is 0 Å². The molecule has 1 heterocycles. The van der Waals surface area contributed by atoms with E-state index >= 15 is 0 Å². The van der Waals surface area contributed by atoms with Gasteiger partial charge in [0, 0.05) is 44.5 Å². The van der Waals surface area contributed by atoms with Crippen molar-refractivity contribution in [2.75, 3.05) is 20.6 Å². The lowest BCUT2D eigenvalue weighted by molar-refractivity contribution is 0.00227. The summed E-state index contributed by atoms with van der Waals surface area (Å²) in [5.74, 6) is 0.710. The summed E-state index contributed by atoms with van der Waals surface area (Å²) in [5.41, 5.74) is 2.52. The molecule has 2 N–H and O–H groups in total. The second-order valence-corrected chi connectivity index (χ2v) is 10.3. The van der Waals surface area contributed by atoms with Gasteiger partial charge < -0.3 is 15.3 Å². The third-order valence-electron chi connectivity index (χ3n) is 7.62. The standard InChI is InChI=1S/C24H40N4O2/c1-27(2)23(29)22-20-15-19(25-17-24(30)13-7-4-8-14-24)11-12-21(20)28(26-22)16-18-9-5-3-6-10-18/h18-19,25,30H,3-17H2,1-2H3/t19-/m1/s1. The predicted octanol–water partition coefficient (Wildman–Crippen LogP) is 3.31. The van der Waals surface area contributed by atoms with Crippen LogP contribution in [0.5, 0.6) is 0 Å². The van der Waals surface area contributed by atoms with Crippen molar-refractivity contribution in [1.29, 1.82) is 0 Å². The fourth-order valence-electron chi connectivity index (χ4n) is 5.73. The number of nitrogens with zero attached hydrogens (tertiary/aromatic N) is 3. The summed E-state index contributed by atoms with van der Waals surface area (Å²) in [6, 6.07) is 0.310. The Hall–Kier alpha value is -1.40. The molecule has 3 aliphatic carbocycles.